The summed E-state index contributed by atoms with van der Waals surface area (Å²) >= 11 is 0. The zero-order chi connectivity index (χ0) is 20.1. The first-order valence-corrected chi connectivity index (χ1v) is 10.6. The fourth-order valence-electron chi connectivity index (χ4n) is 4.23. The van der Waals surface area contributed by atoms with Crippen LogP contribution in [0.4, 0.5) is 5.82 Å². The van der Waals surface area contributed by atoms with Crippen molar-refractivity contribution in [1.82, 2.24) is 20.1 Å². The van der Waals surface area contributed by atoms with Crippen molar-refractivity contribution >= 4 is 11.7 Å². The average Bonchev–Trinajstić information content (AvgIpc) is 3.20. The average molecular weight is 394 g/mol. The van der Waals surface area contributed by atoms with Gasteiger partial charge in [-0.1, -0.05) is 30.3 Å². The molecule has 0 saturated carbocycles. The molecule has 1 aromatic heterocycles. The Balaban J connectivity index is 1.33. The van der Waals surface area contributed by atoms with Crippen molar-refractivity contribution in [2.75, 3.05) is 51.2 Å². The van der Waals surface area contributed by atoms with Gasteiger partial charge in [-0.2, -0.15) is 0 Å². The van der Waals surface area contributed by atoms with Crippen molar-refractivity contribution in [2.45, 2.75) is 25.4 Å². The summed E-state index contributed by atoms with van der Waals surface area (Å²) < 4.78 is 0. The van der Waals surface area contributed by atoms with Crippen LogP contribution in [-0.4, -0.2) is 73.0 Å². The van der Waals surface area contributed by atoms with E-state index in [1.807, 2.05) is 12.1 Å². The maximum atomic E-state index is 12.8. The molecule has 2 aromatic rings. The van der Waals surface area contributed by atoms with Crippen LogP contribution in [0.5, 0.6) is 0 Å². The molecule has 2 saturated heterocycles. The van der Waals surface area contributed by atoms with Crippen molar-refractivity contribution in [3.05, 3.63) is 59.8 Å². The number of amides is 1. The second-order valence-corrected chi connectivity index (χ2v) is 8.16. The molecule has 0 spiro atoms. The van der Waals surface area contributed by atoms with Gasteiger partial charge in [-0.05, 0) is 44.1 Å². The zero-order valence-corrected chi connectivity index (χ0v) is 17.3. The quantitative estimate of drug-likeness (QED) is 0.816. The number of aromatic nitrogens is 1. The first-order valence-electron chi connectivity index (χ1n) is 10.6. The molecular formula is C23H31N5O. The van der Waals surface area contributed by atoms with Gasteiger partial charge in [-0.15, -0.1) is 0 Å². The summed E-state index contributed by atoms with van der Waals surface area (Å²) in [6.45, 7) is 6.69. The minimum absolute atomic E-state index is 0.00524. The van der Waals surface area contributed by atoms with Gasteiger partial charge in [-0.25, -0.2) is 4.98 Å². The highest BCUT2D eigenvalue weighted by atomic mass is 16.1. The predicted molar refractivity (Wildman–Crippen MR) is 116 cm³/mol. The van der Waals surface area contributed by atoms with E-state index in [9.17, 15) is 4.79 Å². The van der Waals surface area contributed by atoms with Gasteiger partial charge >= 0.3 is 0 Å². The lowest BCUT2D eigenvalue weighted by Crippen LogP contribution is -2.45. The molecule has 1 aromatic carbocycles. The second kappa shape index (κ2) is 9.37. The van der Waals surface area contributed by atoms with Gasteiger partial charge in [0.1, 0.15) is 5.82 Å². The summed E-state index contributed by atoms with van der Waals surface area (Å²) in [5.74, 6) is 0.895. The van der Waals surface area contributed by atoms with Crippen LogP contribution >= 0.6 is 0 Å². The molecule has 0 radical (unpaired) electrons. The van der Waals surface area contributed by atoms with Crippen molar-refractivity contribution < 1.29 is 4.79 Å². The lowest BCUT2D eigenvalue weighted by Gasteiger charge is -2.33. The Morgan fingerprint density at radius 3 is 2.69 bits per heavy atom. The molecular weight excluding hydrogens is 362 g/mol. The van der Waals surface area contributed by atoms with Crippen LogP contribution in [0.2, 0.25) is 0 Å². The van der Waals surface area contributed by atoms with Crippen molar-refractivity contribution in [1.29, 1.82) is 0 Å². The molecule has 1 amide bonds. The van der Waals surface area contributed by atoms with Crippen molar-refractivity contribution in [3.8, 4) is 0 Å². The van der Waals surface area contributed by atoms with Crippen LogP contribution < -0.4 is 10.2 Å². The summed E-state index contributed by atoms with van der Waals surface area (Å²) in [6.07, 6.45) is 4.08. The Kier molecular flexibility index (Phi) is 6.42. The zero-order valence-electron chi connectivity index (χ0n) is 17.3. The number of likely N-dealkylation sites (N-methyl/N-ethyl adjacent to an activating group) is 1. The molecule has 6 nitrogen and oxygen atoms in total. The van der Waals surface area contributed by atoms with Crippen LogP contribution in [0.25, 0.3) is 0 Å². The van der Waals surface area contributed by atoms with Gasteiger partial charge in [0.05, 0.1) is 0 Å². The number of nitrogens with zero attached hydrogens (tertiary/aromatic N) is 4. The lowest BCUT2D eigenvalue weighted by molar-refractivity contribution is 0.0939. The third-order valence-corrected chi connectivity index (χ3v) is 6.06. The largest absolute Gasteiger partial charge is 0.354 e. The summed E-state index contributed by atoms with van der Waals surface area (Å²) in [4.78, 5) is 24.3. The minimum Gasteiger partial charge on any atom is -0.354 e. The Morgan fingerprint density at radius 1 is 1.10 bits per heavy atom. The molecule has 3 heterocycles. The van der Waals surface area contributed by atoms with Gasteiger partial charge in [0.15, 0.2) is 0 Å². The van der Waals surface area contributed by atoms with Crippen LogP contribution in [0.15, 0.2) is 48.7 Å². The van der Waals surface area contributed by atoms with Gasteiger partial charge in [0.2, 0.25) is 0 Å². The van der Waals surface area contributed by atoms with E-state index in [0.29, 0.717) is 18.2 Å². The molecule has 2 aliphatic heterocycles. The Bertz CT molecular complexity index is 804. The van der Waals surface area contributed by atoms with E-state index in [1.165, 1.54) is 12.0 Å². The number of carbonyl (C=O) groups excluding carboxylic acids is 1. The lowest BCUT2D eigenvalue weighted by atomic mass is 10.1. The topological polar surface area (TPSA) is 51.7 Å². The molecule has 2 aliphatic rings. The van der Waals surface area contributed by atoms with Crippen LogP contribution in [0, 0.1) is 0 Å². The minimum atomic E-state index is -0.00524. The Labute approximate surface area is 173 Å². The Hall–Kier alpha value is -2.44. The molecule has 154 valence electrons. The van der Waals surface area contributed by atoms with Gasteiger partial charge in [0, 0.05) is 57.1 Å². The van der Waals surface area contributed by atoms with Crippen molar-refractivity contribution in [3.63, 3.8) is 0 Å². The summed E-state index contributed by atoms with van der Waals surface area (Å²) in [6, 6.07) is 14.7. The number of benzene rings is 1. The Morgan fingerprint density at radius 2 is 1.90 bits per heavy atom. The molecule has 1 atom stereocenters. The van der Waals surface area contributed by atoms with E-state index in [1.54, 1.807) is 6.20 Å². The highest BCUT2D eigenvalue weighted by Gasteiger charge is 2.25. The molecule has 0 aliphatic carbocycles. The number of hydrogen-bond donors (Lipinski definition) is 1. The molecule has 0 unspecified atom stereocenters. The van der Waals surface area contributed by atoms with E-state index >= 15 is 0 Å². The maximum Gasteiger partial charge on any atom is 0.251 e. The number of rotatable bonds is 6. The molecule has 4 rings (SSSR count). The third-order valence-electron chi connectivity index (χ3n) is 6.06. The van der Waals surface area contributed by atoms with Gasteiger partial charge in [0.25, 0.3) is 5.91 Å². The molecule has 1 N–H and O–H groups in total. The van der Waals surface area contributed by atoms with Gasteiger partial charge in [-0.3, -0.25) is 9.69 Å². The number of anilines is 1. The van der Waals surface area contributed by atoms with E-state index in [-0.39, 0.29) is 5.91 Å². The van der Waals surface area contributed by atoms with Gasteiger partial charge < -0.3 is 15.1 Å². The van der Waals surface area contributed by atoms with Crippen LogP contribution in [0.1, 0.15) is 28.8 Å². The summed E-state index contributed by atoms with van der Waals surface area (Å²) in [7, 11) is 2.14. The number of nitrogens with one attached hydrogen (secondary N) is 1. The molecule has 29 heavy (non-hydrogen) atoms. The number of hydrogen-bond acceptors (Lipinski definition) is 5. The normalized spacial score (nSPS) is 20.7. The molecule has 2 fully saturated rings. The number of pyridine rings is 1. The SMILES string of the molecule is CN1CCN(c2cc(C(=O)NC[C@H]3CCCN3Cc3ccccc3)ccn2)CC1. The summed E-state index contributed by atoms with van der Waals surface area (Å²) in [5, 5.41) is 3.16. The van der Waals surface area contributed by atoms with E-state index < -0.39 is 0 Å². The van der Waals surface area contributed by atoms with Crippen LogP contribution in [0.3, 0.4) is 0 Å². The van der Waals surface area contributed by atoms with E-state index in [0.717, 1.165) is 51.5 Å². The smallest absolute Gasteiger partial charge is 0.251 e. The van der Waals surface area contributed by atoms with E-state index in [2.05, 4.69) is 62.4 Å². The second-order valence-electron chi connectivity index (χ2n) is 8.16. The molecule has 0 bridgehead atoms. The van der Waals surface area contributed by atoms with Crippen molar-refractivity contribution in [2.24, 2.45) is 0 Å². The summed E-state index contributed by atoms with van der Waals surface area (Å²) in [5.41, 5.74) is 2.03. The fraction of sp³-hybridized carbons (Fsp3) is 0.478. The van der Waals surface area contributed by atoms with E-state index in [4.69, 9.17) is 0 Å². The highest BCUT2D eigenvalue weighted by molar-refractivity contribution is 5.94. The van der Waals surface area contributed by atoms with Crippen LogP contribution in [-0.2, 0) is 6.54 Å². The third kappa shape index (κ3) is 5.14. The maximum absolute atomic E-state index is 12.8. The number of carbonyl (C=O) groups is 1. The fourth-order valence-corrected chi connectivity index (χ4v) is 4.23. The first kappa shape index (κ1) is 19.9. The predicted octanol–water partition coefficient (Wildman–Crippen LogP) is 2.23. The number of likely N-dealkylation sites (tertiary alicyclic amines) is 1. The highest BCUT2D eigenvalue weighted by Crippen LogP contribution is 2.20. The first-order chi connectivity index (χ1) is 14.2. The molecule has 6 heteroatoms. The monoisotopic (exact) mass is 393 g/mol. The number of piperazine rings is 1. The standard InChI is InChI=1S/C23H31N5O/c1-26-12-14-27(15-13-26)22-16-20(9-10-24-22)23(29)25-17-21-8-5-11-28(21)18-19-6-3-2-4-7-19/h2-4,6-7,9-10,16,21H,5,8,11-15,17-18H2,1H3,(H,25,29)/t21-/m1/s1.